The number of nitrogens with one attached hydrogen (secondary N) is 1. The number of amidine groups is 1. The van der Waals surface area contributed by atoms with Crippen LogP contribution in [0.2, 0.25) is 0 Å². The molecule has 6 heteroatoms. The second kappa shape index (κ2) is 7.21. The van der Waals surface area contributed by atoms with Crippen molar-refractivity contribution in [3.8, 4) is 0 Å². The van der Waals surface area contributed by atoms with Crippen LogP contribution in [0, 0.1) is 11.7 Å². The van der Waals surface area contributed by atoms with Gasteiger partial charge in [0.1, 0.15) is 5.82 Å². The zero-order chi connectivity index (χ0) is 14.4. The van der Waals surface area contributed by atoms with Crippen LogP contribution in [0.15, 0.2) is 23.4 Å². The van der Waals surface area contributed by atoms with E-state index in [1.807, 2.05) is 0 Å². The van der Waals surface area contributed by atoms with E-state index in [9.17, 15) is 4.39 Å². The van der Waals surface area contributed by atoms with Crippen LogP contribution in [0.25, 0.3) is 0 Å². The Kier molecular flexibility index (Phi) is 5.31. The first-order valence-electron chi connectivity index (χ1n) is 6.75. The molecule has 0 aromatic heterocycles. The number of rotatable bonds is 5. The first-order valence-corrected chi connectivity index (χ1v) is 6.75. The summed E-state index contributed by atoms with van der Waals surface area (Å²) in [6.45, 7) is 2.90. The van der Waals surface area contributed by atoms with Crippen molar-refractivity contribution >= 4 is 5.84 Å². The highest BCUT2D eigenvalue weighted by molar-refractivity contribution is 5.97. The highest BCUT2D eigenvalue weighted by Crippen LogP contribution is 2.14. The molecule has 5 nitrogen and oxygen atoms in total. The quantitative estimate of drug-likeness (QED) is 0.330. The Labute approximate surface area is 117 Å². The highest BCUT2D eigenvalue weighted by Gasteiger charge is 2.13. The van der Waals surface area contributed by atoms with Gasteiger partial charge in [-0.05, 0) is 24.8 Å². The van der Waals surface area contributed by atoms with Gasteiger partial charge >= 0.3 is 0 Å². The van der Waals surface area contributed by atoms with E-state index in [0.717, 1.165) is 32.6 Å². The summed E-state index contributed by atoms with van der Waals surface area (Å²) in [5.74, 6) is 0.0486. The predicted molar refractivity (Wildman–Crippen MR) is 74.2 cm³/mol. The van der Waals surface area contributed by atoms with Crippen molar-refractivity contribution in [2.75, 3.05) is 19.8 Å². The average molecular weight is 281 g/mol. The van der Waals surface area contributed by atoms with Gasteiger partial charge in [-0.1, -0.05) is 17.3 Å². The molecule has 4 N–H and O–H groups in total. The molecule has 20 heavy (non-hydrogen) atoms. The van der Waals surface area contributed by atoms with E-state index in [2.05, 4.69) is 10.5 Å². The van der Waals surface area contributed by atoms with Gasteiger partial charge in [0, 0.05) is 30.8 Å². The largest absolute Gasteiger partial charge is 0.409 e. The van der Waals surface area contributed by atoms with E-state index in [1.54, 1.807) is 12.1 Å². The number of halogens is 1. The molecule has 1 heterocycles. The third kappa shape index (κ3) is 3.91. The number of ether oxygens (including phenoxy) is 1. The lowest BCUT2D eigenvalue weighted by atomic mass is 10.0. The molecule has 0 amide bonds. The molecule has 1 aromatic carbocycles. The molecule has 0 spiro atoms. The highest BCUT2D eigenvalue weighted by atomic mass is 19.1. The van der Waals surface area contributed by atoms with Gasteiger partial charge in [0.2, 0.25) is 0 Å². The zero-order valence-electron chi connectivity index (χ0n) is 11.3. The summed E-state index contributed by atoms with van der Waals surface area (Å²) in [5, 5.41) is 14.6. The Balaban J connectivity index is 1.86. The number of nitrogens with two attached hydrogens (primary N) is 1. The number of oxime groups is 1. The molecule has 0 saturated carbocycles. The minimum atomic E-state index is -0.360. The topological polar surface area (TPSA) is 79.9 Å². The molecule has 1 aromatic rings. The van der Waals surface area contributed by atoms with Crippen molar-refractivity contribution in [1.29, 1.82) is 0 Å². The first-order chi connectivity index (χ1) is 9.70. The second-order valence-electron chi connectivity index (χ2n) is 5.01. The standard InChI is InChI=1S/C14H20FN3O2/c15-13-6-11(14(16)18-19)3-4-12(13)8-17-7-10-2-1-5-20-9-10/h3-4,6,10,17,19H,1-2,5,7-9H2,(H2,16,18). The molecule has 2 rings (SSSR count). The zero-order valence-corrected chi connectivity index (χ0v) is 11.3. The molecular weight excluding hydrogens is 261 g/mol. The predicted octanol–water partition coefficient (Wildman–Crippen LogP) is 1.44. The number of nitrogens with zero attached hydrogens (tertiary/aromatic N) is 1. The maximum Gasteiger partial charge on any atom is 0.170 e. The van der Waals surface area contributed by atoms with Gasteiger partial charge in [-0.15, -0.1) is 0 Å². The van der Waals surface area contributed by atoms with Crippen molar-refractivity contribution in [3.63, 3.8) is 0 Å². The van der Waals surface area contributed by atoms with Gasteiger partial charge in [-0.25, -0.2) is 4.39 Å². The maximum atomic E-state index is 13.9. The summed E-state index contributed by atoms with van der Waals surface area (Å²) in [7, 11) is 0. The fourth-order valence-electron chi connectivity index (χ4n) is 2.29. The minimum absolute atomic E-state index is 0.0947. The van der Waals surface area contributed by atoms with Crippen molar-refractivity contribution in [2.45, 2.75) is 19.4 Å². The van der Waals surface area contributed by atoms with Crippen LogP contribution in [-0.4, -0.2) is 30.8 Å². The Morgan fingerprint density at radius 2 is 2.40 bits per heavy atom. The van der Waals surface area contributed by atoms with Crippen LogP contribution in [-0.2, 0) is 11.3 Å². The van der Waals surface area contributed by atoms with E-state index in [-0.39, 0.29) is 11.7 Å². The first kappa shape index (κ1) is 14.7. The Morgan fingerprint density at radius 1 is 1.55 bits per heavy atom. The Hall–Kier alpha value is -1.66. The fourth-order valence-corrected chi connectivity index (χ4v) is 2.29. The number of benzene rings is 1. The Morgan fingerprint density at radius 3 is 3.05 bits per heavy atom. The van der Waals surface area contributed by atoms with Crippen LogP contribution < -0.4 is 11.1 Å². The molecule has 1 aliphatic heterocycles. The number of hydrogen-bond donors (Lipinski definition) is 3. The number of hydrogen-bond acceptors (Lipinski definition) is 4. The van der Waals surface area contributed by atoms with Gasteiger partial charge in [-0.2, -0.15) is 0 Å². The summed E-state index contributed by atoms with van der Waals surface area (Å²) in [5.41, 5.74) is 6.35. The monoisotopic (exact) mass is 281 g/mol. The third-order valence-electron chi connectivity index (χ3n) is 3.46. The van der Waals surface area contributed by atoms with E-state index >= 15 is 0 Å². The smallest absolute Gasteiger partial charge is 0.170 e. The van der Waals surface area contributed by atoms with Crippen LogP contribution in [0.4, 0.5) is 4.39 Å². The lowest BCUT2D eigenvalue weighted by molar-refractivity contribution is 0.0547. The average Bonchev–Trinajstić information content (AvgIpc) is 2.49. The van der Waals surface area contributed by atoms with E-state index < -0.39 is 0 Å². The van der Waals surface area contributed by atoms with Gasteiger partial charge in [0.05, 0.1) is 6.61 Å². The lowest BCUT2D eigenvalue weighted by Crippen LogP contribution is -2.29. The maximum absolute atomic E-state index is 13.9. The van der Waals surface area contributed by atoms with E-state index in [0.29, 0.717) is 23.6 Å². The minimum Gasteiger partial charge on any atom is -0.409 e. The molecule has 1 saturated heterocycles. The molecule has 1 fully saturated rings. The van der Waals surface area contributed by atoms with Crippen molar-refractivity contribution in [1.82, 2.24) is 5.32 Å². The van der Waals surface area contributed by atoms with Crippen molar-refractivity contribution < 1.29 is 14.3 Å². The van der Waals surface area contributed by atoms with Crippen LogP contribution >= 0.6 is 0 Å². The van der Waals surface area contributed by atoms with Crippen LogP contribution in [0.3, 0.4) is 0 Å². The Bertz CT molecular complexity index is 473. The third-order valence-corrected chi connectivity index (χ3v) is 3.46. The second-order valence-corrected chi connectivity index (χ2v) is 5.01. The normalized spacial score (nSPS) is 20.1. The molecule has 0 radical (unpaired) electrons. The lowest BCUT2D eigenvalue weighted by Gasteiger charge is -2.22. The van der Waals surface area contributed by atoms with E-state index in [1.165, 1.54) is 6.07 Å². The van der Waals surface area contributed by atoms with Gasteiger partial charge in [0.25, 0.3) is 0 Å². The summed E-state index contributed by atoms with van der Waals surface area (Å²) in [6.07, 6.45) is 2.24. The van der Waals surface area contributed by atoms with Crippen LogP contribution in [0.5, 0.6) is 0 Å². The van der Waals surface area contributed by atoms with Crippen molar-refractivity contribution in [3.05, 3.63) is 35.1 Å². The summed E-state index contributed by atoms with van der Waals surface area (Å²) >= 11 is 0. The summed E-state index contributed by atoms with van der Waals surface area (Å²) in [6, 6.07) is 4.56. The van der Waals surface area contributed by atoms with Gasteiger partial charge in [-0.3, -0.25) is 0 Å². The van der Waals surface area contributed by atoms with Gasteiger partial charge < -0.3 is 21.0 Å². The van der Waals surface area contributed by atoms with Gasteiger partial charge in [0.15, 0.2) is 5.84 Å². The molecule has 0 aliphatic carbocycles. The SMILES string of the molecule is NC(=NO)c1ccc(CNCC2CCCOC2)c(F)c1. The molecule has 0 bridgehead atoms. The molecule has 1 aliphatic rings. The van der Waals surface area contributed by atoms with E-state index in [4.69, 9.17) is 15.7 Å². The van der Waals surface area contributed by atoms with Crippen LogP contribution in [0.1, 0.15) is 24.0 Å². The molecule has 1 atom stereocenters. The molecular formula is C14H20FN3O2. The fraction of sp³-hybridized carbons (Fsp3) is 0.500. The van der Waals surface area contributed by atoms with Crippen molar-refractivity contribution in [2.24, 2.45) is 16.8 Å². The molecule has 110 valence electrons. The summed E-state index contributed by atoms with van der Waals surface area (Å²) < 4.78 is 19.3. The summed E-state index contributed by atoms with van der Waals surface area (Å²) in [4.78, 5) is 0. The molecule has 1 unspecified atom stereocenters.